The topological polar surface area (TPSA) is 38.5 Å². The van der Waals surface area contributed by atoms with E-state index in [2.05, 4.69) is 11.9 Å². The van der Waals surface area contributed by atoms with Crippen molar-refractivity contribution in [1.29, 1.82) is 0 Å². The van der Waals surface area contributed by atoms with Crippen LogP contribution in [0.3, 0.4) is 0 Å². The number of likely N-dealkylation sites (N-methyl/N-ethyl adjacent to an activating group) is 1. The molecule has 0 radical (unpaired) electrons. The zero-order valence-corrected chi connectivity index (χ0v) is 6.55. The molecule has 0 spiro atoms. The Balaban J connectivity index is 2.30. The van der Waals surface area contributed by atoms with Crippen LogP contribution in [0.4, 0.5) is 0 Å². The van der Waals surface area contributed by atoms with E-state index < -0.39 is 0 Å². The minimum absolute atomic E-state index is 0.535. The SMILES string of the molecule is CN1CCOCC(CN)C1. The third-order valence-electron chi connectivity index (χ3n) is 1.87. The van der Waals surface area contributed by atoms with E-state index in [0.717, 1.165) is 32.8 Å². The number of nitrogens with two attached hydrogens (primary N) is 1. The first-order valence-corrected chi connectivity index (χ1v) is 3.79. The molecule has 3 nitrogen and oxygen atoms in total. The zero-order chi connectivity index (χ0) is 7.40. The van der Waals surface area contributed by atoms with E-state index in [1.807, 2.05) is 0 Å². The maximum absolute atomic E-state index is 5.53. The standard InChI is InChI=1S/C7H16N2O/c1-9-2-3-10-6-7(4-8)5-9/h7H,2-6,8H2,1H3. The fraction of sp³-hybridized carbons (Fsp3) is 1.00. The van der Waals surface area contributed by atoms with Gasteiger partial charge in [-0.3, -0.25) is 0 Å². The van der Waals surface area contributed by atoms with Crippen LogP contribution in [-0.2, 0) is 4.74 Å². The second-order valence-corrected chi connectivity index (χ2v) is 2.94. The Labute approximate surface area is 62.1 Å². The van der Waals surface area contributed by atoms with Crippen LogP contribution >= 0.6 is 0 Å². The highest BCUT2D eigenvalue weighted by atomic mass is 16.5. The summed E-state index contributed by atoms with van der Waals surface area (Å²) in [6, 6.07) is 0. The van der Waals surface area contributed by atoms with Gasteiger partial charge in [-0.2, -0.15) is 0 Å². The van der Waals surface area contributed by atoms with Crippen LogP contribution in [0, 0.1) is 5.92 Å². The number of ether oxygens (including phenoxy) is 1. The zero-order valence-electron chi connectivity index (χ0n) is 6.55. The second kappa shape index (κ2) is 3.91. The molecule has 3 heteroatoms. The van der Waals surface area contributed by atoms with E-state index in [-0.39, 0.29) is 0 Å². The molecule has 2 N–H and O–H groups in total. The molecule has 1 unspecified atom stereocenters. The lowest BCUT2D eigenvalue weighted by atomic mass is 10.1. The van der Waals surface area contributed by atoms with E-state index in [9.17, 15) is 0 Å². The molecule has 1 heterocycles. The summed E-state index contributed by atoms with van der Waals surface area (Å²) in [6.45, 7) is 4.55. The lowest BCUT2D eigenvalue weighted by Gasteiger charge is -2.16. The highest BCUT2D eigenvalue weighted by Crippen LogP contribution is 2.02. The van der Waals surface area contributed by atoms with Crippen LogP contribution in [0.1, 0.15) is 0 Å². The van der Waals surface area contributed by atoms with Gasteiger partial charge < -0.3 is 15.4 Å². The first-order chi connectivity index (χ1) is 4.83. The number of hydrogen-bond acceptors (Lipinski definition) is 3. The summed E-state index contributed by atoms with van der Waals surface area (Å²) in [7, 11) is 2.11. The number of hydrogen-bond donors (Lipinski definition) is 1. The fourth-order valence-corrected chi connectivity index (χ4v) is 1.20. The molecule has 1 saturated heterocycles. The molecule has 0 saturated carbocycles. The van der Waals surface area contributed by atoms with Crippen molar-refractivity contribution in [1.82, 2.24) is 4.90 Å². The quantitative estimate of drug-likeness (QED) is 0.540. The summed E-state index contributed by atoms with van der Waals surface area (Å²) >= 11 is 0. The number of nitrogens with zero attached hydrogens (tertiary/aromatic N) is 1. The van der Waals surface area contributed by atoms with Crippen molar-refractivity contribution in [3.8, 4) is 0 Å². The van der Waals surface area contributed by atoms with Crippen molar-refractivity contribution in [2.75, 3.05) is 39.9 Å². The van der Waals surface area contributed by atoms with Crippen LogP contribution in [0.25, 0.3) is 0 Å². The van der Waals surface area contributed by atoms with E-state index in [1.54, 1.807) is 0 Å². The van der Waals surface area contributed by atoms with Gasteiger partial charge in [-0.1, -0.05) is 0 Å². The Morgan fingerprint density at radius 1 is 1.70 bits per heavy atom. The molecule has 1 aliphatic heterocycles. The van der Waals surface area contributed by atoms with Crippen molar-refractivity contribution in [2.45, 2.75) is 0 Å². The summed E-state index contributed by atoms with van der Waals surface area (Å²) in [5, 5.41) is 0. The minimum atomic E-state index is 0.535. The minimum Gasteiger partial charge on any atom is -0.380 e. The lowest BCUT2D eigenvalue weighted by molar-refractivity contribution is 0.124. The van der Waals surface area contributed by atoms with Gasteiger partial charge >= 0.3 is 0 Å². The summed E-state index contributed by atoms with van der Waals surface area (Å²) in [6.07, 6.45) is 0. The Morgan fingerprint density at radius 3 is 3.20 bits per heavy atom. The molecule has 0 aliphatic carbocycles. The monoisotopic (exact) mass is 144 g/mol. The van der Waals surface area contributed by atoms with Crippen molar-refractivity contribution in [2.24, 2.45) is 11.7 Å². The molecule has 0 amide bonds. The van der Waals surface area contributed by atoms with Gasteiger partial charge in [0.15, 0.2) is 0 Å². The van der Waals surface area contributed by atoms with Gasteiger partial charge in [0, 0.05) is 19.0 Å². The van der Waals surface area contributed by atoms with Gasteiger partial charge in [-0.05, 0) is 13.6 Å². The third kappa shape index (κ3) is 2.25. The molecule has 0 aromatic carbocycles. The fourth-order valence-electron chi connectivity index (χ4n) is 1.20. The average Bonchev–Trinajstić information content (AvgIpc) is 2.13. The van der Waals surface area contributed by atoms with E-state index in [4.69, 9.17) is 10.5 Å². The molecule has 0 bridgehead atoms. The van der Waals surface area contributed by atoms with E-state index in [1.165, 1.54) is 0 Å². The van der Waals surface area contributed by atoms with Gasteiger partial charge in [0.25, 0.3) is 0 Å². The predicted molar refractivity (Wildman–Crippen MR) is 40.9 cm³/mol. The highest BCUT2D eigenvalue weighted by molar-refractivity contribution is 4.66. The highest BCUT2D eigenvalue weighted by Gasteiger charge is 2.13. The molecule has 60 valence electrons. The smallest absolute Gasteiger partial charge is 0.0593 e. The Hall–Kier alpha value is -0.120. The Bertz CT molecular complexity index is 97.6. The molecule has 10 heavy (non-hydrogen) atoms. The van der Waals surface area contributed by atoms with Crippen molar-refractivity contribution in [3.05, 3.63) is 0 Å². The molecular weight excluding hydrogens is 128 g/mol. The molecule has 1 rings (SSSR count). The van der Waals surface area contributed by atoms with Gasteiger partial charge in [0.1, 0.15) is 0 Å². The summed E-state index contributed by atoms with van der Waals surface area (Å²) in [4.78, 5) is 2.27. The van der Waals surface area contributed by atoms with Crippen LogP contribution in [0.15, 0.2) is 0 Å². The Kier molecular flexibility index (Phi) is 3.12. The van der Waals surface area contributed by atoms with Crippen molar-refractivity contribution < 1.29 is 4.74 Å². The first kappa shape index (κ1) is 7.98. The molecule has 1 atom stereocenters. The van der Waals surface area contributed by atoms with Gasteiger partial charge in [-0.25, -0.2) is 0 Å². The van der Waals surface area contributed by atoms with E-state index in [0.29, 0.717) is 5.92 Å². The lowest BCUT2D eigenvalue weighted by Crippen LogP contribution is -2.30. The third-order valence-corrected chi connectivity index (χ3v) is 1.87. The van der Waals surface area contributed by atoms with Crippen LogP contribution < -0.4 is 5.73 Å². The van der Waals surface area contributed by atoms with Gasteiger partial charge in [0.05, 0.1) is 13.2 Å². The predicted octanol–water partition coefficient (Wildman–Crippen LogP) is -0.477. The van der Waals surface area contributed by atoms with Crippen molar-refractivity contribution >= 4 is 0 Å². The summed E-state index contributed by atoms with van der Waals surface area (Å²) < 4.78 is 5.35. The van der Waals surface area contributed by atoms with Crippen LogP contribution in [0.5, 0.6) is 0 Å². The Morgan fingerprint density at radius 2 is 2.50 bits per heavy atom. The molecule has 1 fully saturated rings. The molecule has 1 aliphatic rings. The van der Waals surface area contributed by atoms with Crippen LogP contribution in [0.2, 0.25) is 0 Å². The van der Waals surface area contributed by atoms with Gasteiger partial charge in [-0.15, -0.1) is 0 Å². The maximum Gasteiger partial charge on any atom is 0.0593 e. The molecule has 0 aromatic heterocycles. The van der Waals surface area contributed by atoms with E-state index >= 15 is 0 Å². The normalized spacial score (nSPS) is 30.0. The summed E-state index contributed by atoms with van der Waals surface area (Å²) in [5.41, 5.74) is 5.53. The maximum atomic E-state index is 5.53. The van der Waals surface area contributed by atoms with Crippen molar-refractivity contribution in [3.63, 3.8) is 0 Å². The summed E-state index contributed by atoms with van der Waals surface area (Å²) in [5.74, 6) is 0.535. The second-order valence-electron chi connectivity index (χ2n) is 2.94. The first-order valence-electron chi connectivity index (χ1n) is 3.79. The average molecular weight is 144 g/mol. The molecule has 0 aromatic rings. The van der Waals surface area contributed by atoms with Gasteiger partial charge in [0.2, 0.25) is 0 Å². The van der Waals surface area contributed by atoms with Crippen LogP contribution in [-0.4, -0.2) is 44.8 Å². The molecular formula is C7H16N2O. The number of rotatable bonds is 1. The largest absolute Gasteiger partial charge is 0.380 e.